The highest BCUT2D eigenvalue weighted by molar-refractivity contribution is 6.10. The van der Waals surface area contributed by atoms with Crippen molar-refractivity contribution in [3.8, 4) is 11.5 Å². The minimum absolute atomic E-state index is 0.379. The van der Waals surface area contributed by atoms with E-state index in [4.69, 9.17) is 9.47 Å². The molecule has 0 unspecified atom stereocenters. The lowest BCUT2D eigenvalue weighted by Gasteiger charge is -2.22. The number of urea groups is 1. The van der Waals surface area contributed by atoms with Crippen LogP contribution in [0, 0.1) is 0 Å². The van der Waals surface area contributed by atoms with Crippen LogP contribution in [0.15, 0.2) is 48.5 Å². The van der Waals surface area contributed by atoms with Crippen molar-refractivity contribution in [3.05, 3.63) is 54.1 Å². The minimum atomic E-state index is -1.22. The molecular formula is C20H21N3O5. The highest BCUT2D eigenvalue weighted by atomic mass is 16.5. The molecule has 0 radical (unpaired) electrons. The van der Waals surface area contributed by atoms with Gasteiger partial charge in [-0.3, -0.25) is 14.5 Å². The second kappa shape index (κ2) is 7.59. The zero-order valence-electron chi connectivity index (χ0n) is 15.8. The summed E-state index contributed by atoms with van der Waals surface area (Å²) in [6.45, 7) is 1.19. The fourth-order valence-electron chi connectivity index (χ4n) is 3.05. The summed E-state index contributed by atoms with van der Waals surface area (Å²) in [6, 6.07) is 13.2. The van der Waals surface area contributed by atoms with Crippen LogP contribution in [0.1, 0.15) is 12.5 Å². The van der Waals surface area contributed by atoms with Gasteiger partial charge in [-0.05, 0) is 24.6 Å². The number of anilines is 1. The van der Waals surface area contributed by atoms with Crippen molar-refractivity contribution in [2.24, 2.45) is 0 Å². The number of hydrogen-bond donors (Lipinski definition) is 2. The van der Waals surface area contributed by atoms with Gasteiger partial charge < -0.3 is 20.1 Å². The topological polar surface area (TPSA) is 97.0 Å². The maximum absolute atomic E-state index is 12.9. The van der Waals surface area contributed by atoms with Crippen molar-refractivity contribution in [2.45, 2.75) is 12.5 Å². The first-order chi connectivity index (χ1) is 13.4. The Morgan fingerprint density at radius 3 is 2.46 bits per heavy atom. The lowest BCUT2D eigenvalue weighted by molar-refractivity contribution is -0.133. The molecule has 2 aromatic rings. The molecule has 1 aliphatic heterocycles. The molecule has 0 spiro atoms. The Bertz CT molecular complexity index is 915. The fourth-order valence-corrected chi connectivity index (χ4v) is 3.05. The molecule has 0 aliphatic carbocycles. The summed E-state index contributed by atoms with van der Waals surface area (Å²) in [5, 5.41) is 5.32. The van der Waals surface area contributed by atoms with E-state index in [9.17, 15) is 14.4 Å². The van der Waals surface area contributed by atoms with Crippen LogP contribution in [0.4, 0.5) is 10.5 Å². The SMILES string of the molecule is COc1ccc(OC)c(NC(=O)CN2C(=O)N[C@@](C)(c3ccccc3)C2=O)c1. The van der Waals surface area contributed by atoms with Gasteiger partial charge in [-0.15, -0.1) is 0 Å². The van der Waals surface area contributed by atoms with Crippen molar-refractivity contribution >= 4 is 23.5 Å². The van der Waals surface area contributed by atoms with E-state index in [1.807, 2.05) is 6.07 Å². The van der Waals surface area contributed by atoms with Crippen LogP contribution in [0.2, 0.25) is 0 Å². The highest BCUT2D eigenvalue weighted by Gasteiger charge is 2.49. The van der Waals surface area contributed by atoms with Crippen molar-refractivity contribution < 1.29 is 23.9 Å². The van der Waals surface area contributed by atoms with E-state index in [2.05, 4.69) is 10.6 Å². The Morgan fingerprint density at radius 1 is 1.11 bits per heavy atom. The van der Waals surface area contributed by atoms with Crippen LogP contribution < -0.4 is 20.1 Å². The molecule has 1 fully saturated rings. The van der Waals surface area contributed by atoms with Crippen LogP contribution in [-0.4, -0.2) is 43.5 Å². The molecule has 146 valence electrons. The van der Waals surface area contributed by atoms with E-state index >= 15 is 0 Å². The number of amides is 4. The Morgan fingerprint density at radius 2 is 1.82 bits per heavy atom. The third-order valence-electron chi connectivity index (χ3n) is 4.61. The zero-order valence-corrected chi connectivity index (χ0v) is 15.8. The van der Waals surface area contributed by atoms with Gasteiger partial charge in [0.05, 0.1) is 19.9 Å². The predicted molar refractivity (Wildman–Crippen MR) is 102 cm³/mol. The maximum atomic E-state index is 12.9. The number of ether oxygens (including phenoxy) is 2. The third-order valence-corrected chi connectivity index (χ3v) is 4.61. The monoisotopic (exact) mass is 383 g/mol. The van der Waals surface area contributed by atoms with Crippen LogP contribution >= 0.6 is 0 Å². The van der Waals surface area contributed by atoms with Gasteiger partial charge in [0.1, 0.15) is 23.6 Å². The molecule has 1 heterocycles. The summed E-state index contributed by atoms with van der Waals surface area (Å²) in [7, 11) is 2.98. The predicted octanol–water partition coefficient (Wildman–Crippen LogP) is 2.11. The maximum Gasteiger partial charge on any atom is 0.325 e. The summed E-state index contributed by atoms with van der Waals surface area (Å²) in [5.41, 5.74) is -0.192. The first-order valence-corrected chi connectivity index (χ1v) is 8.60. The Kier molecular flexibility index (Phi) is 5.21. The average molecular weight is 383 g/mol. The Balaban J connectivity index is 1.76. The van der Waals surface area contributed by atoms with Gasteiger partial charge in [-0.25, -0.2) is 4.79 Å². The molecule has 1 aliphatic rings. The smallest absolute Gasteiger partial charge is 0.325 e. The second-order valence-electron chi connectivity index (χ2n) is 6.43. The zero-order chi connectivity index (χ0) is 20.3. The first-order valence-electron chi connectivity index (χ1n) is 8.60. The van der Waals surface area contributed by atoms with E-state index in [1.165, 1.54) is 14.2 Å². The molecule has 8 nitrogen and oxygen atoms in total. The van der Waals surface area contributed by atoms with Gasteiger partial charge >= 0.3 is 6.03 Å². The second-order valence-corrected chi connectivity index (χ2v) is 6.43. The van der Waals surface area contributed by atoms with Gasteiger partial charge in [0.25, 0.3) is 5.91 Å². The molecule has 28 heavy (non-hydrogen) atoms. The molecule has 1 saturated heterocycles. The quantitative estimate of drug-likeness (QED) is 0.745. The number of hydrogen-bond acceptors (Lipinski definition) is 5. The van der Waals surface area contributed by atoms with E-state index in [0.717, 1.165) is 4.90 Å². The first kappa shape index (κ1) is 19.2. The van der Waals surface area contributed by atoms with E-state index in [0.29, 0.717) is 22.7 Å². The van der Waals surface area contributed by atoms with Gasteiger partial charge in [-0.2, -0.15) is 0 Å². The molecular weight excluding hydrogens is 362 g/mol. The molecule has 2 N–H and O–H groups in total. The third kappa shape index (κ3) is 3.48. The van der Waals surface area contributed by atoms with Crippen molar-refractivity contribution in [1.82, 2.24) is 10.2 Å². The highest BCUT2D eigenvalue weighted by Crippen LogP contribution is 2.30. The largest absolute Gasteiger partial charge is 0.497 e. The lowest BCUT2D eigenvalue weighted by atomic mass is 9.92. The Hall–Kier alpha value is -3.55. The summed E-state index contributed by atoms with van der Waals surface area (Å²) in [4.78, 5) is 38.6. The molecule has 0 bridgehead atoms. The number of carbonyl (C=O) groups excluding carboxylic acids is 3. The van der Waals surface area contributed by atoms with E-state index in [1.54, 1.807) is 49.4 Å². The lowest BCUT2D eigenvalue weighted by Crippen LogP contribution is -2.42. The summed E-state index contributed by atoms with van der Waals surface area (Å²) >= 11 is 0. The van der Waals surface area contributed by atoms with Gasteiger partial charge in [-0.1, -0.05) is 30.3 Å². The Labute approximate surface area is 162 Å². The van der Waals surface area contributed by atoms with Crippen LogP contribution in [-0.2, 0) is 15.1 Å². The number of benzene rings is 2. The number of carbonyl (C=O) groups is 3. The van der Waals surface area contributed by atoms with Crippen molar-refractivity contribution in [1.29, 1.82) is 0 Å². The van der Waals surface area contributed by atoms with Crippen molar-refractivity contribution in [2.75, 3.05) is 26.1 Å². The number of nitrogens with zero attached hydrogens (tertiary/aromatic N) is 1. The van der Waals surface area contributed by atoms with Crippen molar-refractivity contribution in [3.63, 3.8) is 0 Å². The summed E-state index contributed by atoms with van der Waals surface area (Å²) in [6.07, 6.45) is 0. The molecule has 4 amide bonds. The number of methoxy groups -OCH3 is 2. The van der Waals surface area contributed by atoms with E-state index in [-0.39, 0.29) is 0 Å². The molecule has 0 aromatic heterocycles. The van der Waals surface area contributed by atoms with Crippen LogP contribution in [0.3, 0.4) is 0 Å². The van der Waals surface area contributed by atoms with Gasteiger partial charge in [0.2, 0.25) is 5.91 Å². The molecule has 0 saturated carbocycles. The van der Waals surface area contributed by atoms with E-state index < -0.39 is 29.9 Å². The summed E-state index contributed by atoms with van der Waals surface area (Å²) in [5.74, 6) is -0.0629. The molecule has 8 heteroatoms. The van der Waals surface area contributed by atoms with Gasteiger partial charge in [0, 0.05) is 6.07 Å². The number of nitrogens with one attached hydrogen (secondary N) is 2. The fraction of sp³-hybridized carbons (Fsp3) is 0.250. The molecule has 3 rings (SSSR count). The van der Waals surface area contributed by atoms with Gasteiger partial charge in [0.15, 0.2) is 0 Å². The summed E-state index contributed by atoms with van der Waals surface area (Å²) < 4.78 is 10.4. The molecule has 1 atom stereocenters. The minimum Gasteiger partial charge on any atom is -0.497 e. The van der Waals surface area contributed by atoms with Crippen LogP contribution in [0.5, 0.6) is 11.5 Å². The number of rotatable bonds is 6. The average Bonchev–Trinajstić information content (AvgIpc) is 2.92. The molecule has 2 aromatic carbocycles. The standard InChI is InChI=1S/C20H21N3O5/c1-20(13-7-5-4-6-8-13)18(25)23(19(26)22-20)12-17(24)21-15-11-14(27-2)9-10-16(15)28-3/h4-11H,12H2,1-3H3,(H,21,24)(H,22,26)/t20-/m0/s1. The number of imide groups is 1. The van der Waals surface area contributed by atoms with Crippen LogP contribution in [0.25, 0.3) is 0 Å². The normalized spacial score (nSPS) is 18.6.